The fourth-order valence-electron chi connectivity index (χ4n) is 3.63. The summed E-state index contributed by atoms with van der Waals surface area (Å²) in [5.74, 6) is -0.137. The molecule has 2 aromatic carbocycles. The smallest absolute Gasteiger partial charge is 0.288 e. The topological polar surface area (TPSA) is 47.2 Å². The van der Waals surface area contributed by atoms with E-state index >= 15 is 0 Å². The van der Waals surface area contributed by atoms with Crippen LogP contribution in [0.4, 0.5) is 5.69 Å². The van der Waals surface area contributed by atoms with Crippen molar-refractivity contribution >= 4 is 46.6 Å². The van der Waals surface area contributed by atoms with Crippen molar-refractivity contribution in [2.75, 3.05) is 4.90 Å². The number of carbonyl (C=O) groups is 1. The molecular formula is C21H19Cl2N3O2S. The second-order valence-electron chi connectivity index (χ2n) is 6.88. The van der Waals surface area contributed by atoms with Crippen LogP contribution in [0.15, 0.2) is 53.3 Å². The lowest BCUT2D eigenvalue weighted by Gasteiger charge is -2.24. The quantitative estimate of drug-likeness (QED) is 0.569. The van der Waals surface area contributed by atoms with E-state index in [0.717, 1.165) is 5.69 Å². The van der Waals surface area contributed by atoms with Gasteiger partial charge in [-0.2, -0.15) is 0 Å². The highest BCUT2D eigenvalue weighted by Crippen LogP contribution is 2.49. The highest BCUT2D eigenvalue weighted by atomic mass is 35.5. The van der Waals surface area contributed by atoms with Crippen molar-refractivity contribution in [3.8, 4) is 5.69 Å². The lowest BCUT2D eigenvalue weighted by molar-refractivity contribution is -0.117. The Morgan fingerprint density at radius 2 is 1.59 bits per heavy atom. The summed E-state index contributed by atoms with van der Waals surface area (Å²) < 4.78 is 3.33. The van der Waals surface area contributed by atoms with Crippen LogP contribution in [0.2, 0.25) is 10.0 Å². The van der Waals surface area contributed by atoms with E-state index in [1.54, 1.807) is 32.5 Å². The van der Waals surface area contributed by atoms with Gasteiger partial charge in [0.25, 0.3) is 5.56 Å². The number of carbonyl (C=O) groups excluding carboxylic acids is 1. The minimum Gasteiger partial charge on any atom is -0.288 e. The van der Waals surface area contributed by atoms with E-state index in [-0.39, 0.29) is 16.7 Å². The van der Waals surface area contributed by atoms with Crippen LogP contribution in [0.1, 0.15) is 23.6 Å². The minimum absolute atomic E-state index is 0.137. The molecular weight excluding hydrogens is 429 g/mol. The zero-order valence-corrected chi connectivity index (χ0v) is 18.4. The Bertz CT molecular complexity index is 1140. The van der Waals surface area contributed by atoms with Crippen molar-refractivity contribution < 1.29 is 4.79 Å². The highest BCUT2D eigenvalue weighted by molar-refractivity contribution is 8.01. The molecule has 0 unspecified atom stereocenters. The van der Waals surface area contributed by atoms with Gasteiger partial charge in [-0.25, -0.2) is 4.68 Å². The summed E-state index contributed by atoms with van der Waals surface area (Å²) >= 11 is 14.3. The second-order valence-corrected chi connectivity index (χ2v) is 9.12. The van der Waals surface area contributed by atoms with Crippen LogP contribution in [0.25, 0.3) is 5.69 Å². The summed E-state index contributed by atoms with van der Waals surface area (Å²) in [4.78, 5) is 28.2. The summed E-state index contributed by atoms with van der Waals surface area (Å²) in [6.07, 6.45) is 0. The monoisotopic (exact) mass is 447 g/mol. The number of para-hydroxylation sites is 1. The number of rotatable bonds is 3. The number of anilines is 1. The number of aromatic nitrogens is 2. The Balaban J connectivity index is 1.93. The number of hydrogen-bond donors (Lipinski definition) is 0. The van der Waals surface area contributed by atoms with Gasteiger partial charge in [0, 0.05) is 22.7 Å². The Kier molecular flexibility index (Phi) is 5.27. The third-order valence-corrected chi connectivity index (χ3v) is 7.14. The fourth-order valence-corrected chi connectivity index (χ4v) is 5.70. The van der Waals surface area contributed by atoms with E-state index in [9.17, 15) is 9.59 Å². The molecule has 29 heavy (non-hydrogen) atoms. The maximum Gasteiger partial charge on any atom is 0.295 e. The van der Waals surface area contributed by atoms with Crippen LogP contribution in [-0.2, 0) is 11.8 Å². The molecule has 0 spiro atoms. The molecule has 1 aromatic heterocycles. The zero-order valence-electron chi connectivity index (χ0n) is 16.1. The summed E-state index contributed by atoms with van der Waals surface area (Å²) in [5, 5.41) is 0.144. The molecule has 3 aromatic rings. The molecule has 1 fully saturated rings. The Morgan fingerprint density at radius 3 is 2.21 bits per heavy atom. The van der Waals surface area contributed by atoms with E-state index in [0.29, 0.717) is 27.0 Å². The average Bonchev–Trinajstić information content (AvgIpc) is 3.09. The molecule has 2 atom stereocenters. The van der Waals surface area contributed by atoms with Crippen molar-refractivity contribution in [1.29, 1.82) is 0 Å². The van der Waals surface area contributed by atoms with Crippen LogP contribution in [0.3, 0.4) is 0 Å². The Morgan fingerprint density at radius 1 is 0.966 bits per heavy atom. The first-order valence-corrected chi connectivity index (χ1v) is 10.8. The van der Waals surface area contributed by atoms with Gasteiger partial charge in [-0.3, -0.25) is 19.2 Å². The SMILES string of the molecule is Cc1c(N2C(=O)[C@@H](C)S[C@H]2c2c(Cl)cccc2Cl)c(=O)n(-c2ccccc2)n1C. The van der Waals surface area contributed by atoms with Gasteiger partial charge in [-0.05, 0) is 38.1 Å². The third-order valence-electron chi connectivity index (χ3n) is 5.16. The minimum atomic E-state index is -0.475. The van der Waals surface area contributed by atoms with Crippen LogP contribution in [0, 0.1) is 6.92 Å². The van der Waals surface area contributed by atoms with E-state index < -0.39 is 5.37 Å². The molecule has 5 nitrogen and oxygen atoms in total. The summed E-state index contributed by atoms with van der Waals surface area (Å²) in [6.45, 7) is 3.67. The first-order chi connectivity index (χ1) is 13.8. The number of hydrogen-bond acceptors (Lipinski definition) is 3. The molecule has 2 heterocycles. The lowest BCUT2D eigenvalue weighted by atomic mass is 10.1. The van der Waals surface area contributed by atoms with Gasteiger partial charge in [0.05, 0.1) is 16.6 Å². The maximum absolute atomic E-state index is 13.5. The number of nitrogens with zero attached hydrogens (tertiary/aromatic N) is 3. The van der Waals surface area contributed by atoms with Gasteiger partial charge < -0.3 is 0 Å². The molecule has 1 aliphatic rings. The summed E-state index contributed by atoms with van der Waals surface area (Å²) in [7, 11) is 1.81. The van der Waals surface area contributed by atoms with Gasteiger partial charge in [0.1, 0.15) is 11.1 Å². The van der Waals surface area contributed by atoms with Crippen LogP contribution in [0.5, 0.6) is 0 Å². The fraction of sp³-hybridized carbons (Fsp3) is 0.238. The zero-order chi connectivity index (χ0) is 20.9. The number of benzene rings is 2. The summed E-state index contributed by atoms with van der Waals surface area (Å²) in [5.41, 5.74) is 2.16. The molecule has 150 valence electrons. The molecule has 1 amide bonds. The molecule has 0 radical (unpaired) electrons. The maximum atomic E-state index is 13.5. The lowest BCUT2D eigenvalue weighted by Crippen LogP contribution is -2.34. The first-order valence-electron chi connectivity index (χ1n) is 9.09. The highest BCUT2D eigenvalue weighted by Gasteiger charge is 2.44. The first kappa shape index (κ1) is 20.1. The number of amides is 1. The predicted molar refractivity (Wildman–Crippen MR) is 119 cm³/mol. The predicted octanol–water partition coefficient (Wildman–Crippen LogP) is 4.96. The second kappa shape index (κ2) is 7.59. The normalized spacial score (nSPS) is 19.2. The molecule has 0 N–H and O–H groups in total. The molecule has 8 heteroatoms. The van der Waals surface area contributed by atoms with Crippen molar-refractivity contribution in [2.45, 2.75) is 24.5 Å². The van der Waals surface area contributed by atoms with Gasteiger partial charge in [-0.15, -0.1) is 11.8 Å². The van der Waals surface area contributed by atoms with E-state index in [1.165, 1.54) is 11.8 Å². The van der Waals surface area contributed by atoms with E-state index in [1.807, 2.05) is 51.2 Å². The van der Waals surface area contributed by atoms with Crippen molar-refractivity contribution in [2.24, 2.45) is 7.05 Å². The van der Waals surface area contributed by atoms with E-state index in [4.69, 9.17) is 23.2 Å². The summed E-state index contributed by atoms with van der Waals surface area (Å²) in [6, 6.07) is 14.6. The van der Waals surface area contributed by atoms with Gasteiger partial charge in [-0.1, -0.05) is 47.5 Å². The molecule has 4 rings (SSSR count). The van der Waals surface area contributed by atoms with Crippen molar-refractivity contribution in [3.63, 3.8) is 0 Å². The van der Waals surface area contributed by atoms with Crippen molar-refractivity contribution in [1.82, 2.24) is 9.36 Å². The Labute approximate surface area is 182 Å². The van der Waals surface area contributed by atoms with Crippen LogP contribution < -0.4 is 10.5 Å². The number of thioether (sulfide) groups is 1. The Hall–Kier alpha value is -2.15. The molecule has 1 aliphatic heterocycles. The van der Waals surface area contributed by atoms with Gasteiger partial charge in [0.2, 0.25) is 5.91 Å². The molecule has 1 saturated heterocycles. The van der Waals surface area contributed by atoms with Gasteiger partial charge in [0.15, 0.2) is 0 Å². The molecule has 0 aliphatic carbocycles. The molecule has 0 saturated carbocycles. The average molecular weight is 448 g/mol. The number of halogens is 2. The van der Waals surface area contributed by atoms with Crippen LogP contribution >= 0.6 is 35.0 Å². The van der Waals surface area contributed by atoms with E-state index in [2.05, 4.69) is 0 Å². The van der Waals surface area contributed by atoms with Gasteiger partial charge >= 0.3 is 0 Å². The van der Waals surface area contributed by atoms with Crippen LogP contribution in [-0.4, -0.2) is 20.5 Å². The third kappa shape index (κ3) is 3.19. The standard InChI is InChI=1S/C21H19Cl2N3O2S/c1-12-18(20(28)26(24(12)3)14-8-5-4-6-9-14)25-19(27)13(2)29-21(25)17-15(22)10-7-11-16(17)23/h4-11,13,21H,1-3H3/t13-,21+/m1/s1. The van der Waals surface area contributed by atoms with Crippen molar-refractivity contribution in [3.05, 3.63) is 80.2 Å². The molecule has 0 bridgehead atoms. The largest absolute Gasteiger partial charge is 0.295 e.